The van der Waals surface area contributed by atoms with E-state index in [1.54, 1.807) is 20.1 Å². The van der Waals surface area contributed by atoms with Crippen molar-refractivity contribution in [2.75, 3.05) is 19.0 Å². The average Bonchev–Trinajstić information content (AvgIpc) is 2.85. The molecule has 0 saturated heterocycles. The summed E-state index contributed by atoms with van der Waals surface area (Å²) in [6.07, 6.45) is 0.752. The van der Waals surface area contributed by atoms with E-state index in [9.17, 15) is 10.1 Å². The third-order valence-corrected chi connectivity index (χ3v) is 3.56. The van der Waals surface area contributed by atoms with Crippen LogP contribution in [0, 0.1) is 24.0 Å². The molecule has 0 bridgehead atoms. The summed E-state index contributed by atoms with van der Waals surface area (Å²) in [6.45, 7) is 6.00. The van der Waals surface area contributed by atoms with E-state index < -0.39 is 4.92 Å². The fourth-order valence-corrected chi connectivity index (χ4v) is 2.35. The smallest absolute Gasteiger partial charge is 0.311 e. The molecule has 0 saturated carbocycles. The lowest BCUT2D eigenvalue weighted by Crippen LogP contribution is -2.25. The third-order valence-electron chi connectivity index (χ3n) is 3.56. The predicted octanol–water partition coefficient (Wildman–Crippen LogP) is 3.10. The van der Waals surface area contributed by atoms with Crippen molar-refractivity contribution < 1.29 is 14.2 Å². The summed E-state index contributed by atoms with van der Waals surface area (Å²) >= 11 is 0. The van der Waals surface area contributed by atoms with E-state index in [2.05, 4.69) is 15.5 Å². The molecule has 0 radical (unpaired) electrons. The van der Waals surface area contributed by atoms with Crippen LogP contribution >= 0.6 is 0 Å². The van der Waals surface area contributed by atoms with Gasteiger partial charge in [0.05, 0.1) is 34.5 Å². The lowest BCUT2D eigenvalue weighted by molar-refractivity contribution is -0.384. The van der Waals surface area contributed by atoms with Gasteiger partial charge >= 0.3 is 5.69 Å². The molecule has 1 atom stereocenters. The molecule has 23 heavy (non-hydrogen) atoms. The summed E-state index contributed by atoms with van der Waals surface area (Å²) in [7, 11) is 1.59. The quantitative estimate of drug-likeness (QED) is 0.617. The van der Waals surface area contributed by atoms with Crippen molar-refractivity contribution in [1.29, 1.82) is 0 Å². The molecule has 2 aromatic rings. The molecule has 8 heteroatoms. The van der Waals surface area contributed by atoms with Gasteiger partial charge in [0.25, 0.3) is 0 Å². The average molecular weight is 320 g/mol. The first-order valence-electron chi connectivity index (χ1n) is 7.32. The third kappa shape index (κ3) is 3.65. The molecule has 1 N–H and O–H groups in total. The molecule has 0 aliphatic heterocycles. The molecule has 0 amide bonds. The van der Waals surface area contributed by atoms with Crippen molar-refractivity contribution in [2.24, 2.45) is 0 Å². The predicted molar refractivity (Wildman–Crippen MR) is 85.4 cm³/mol. The first kappa shape index (κ1) is 16.9. The van der Waals surface area contributed by atoms with Gasteiger partial charge in [-0.05, 0) is 26.3 Å². The van der Waals surface area contributed by atoms with Gasteiger partial charge in [-0.15, -0.1) is 0 Å². The summed E-state index contributed by atoms with van der Waals surface area (Å²) in [6, 6.07) is 2.98. The molecule has 0 aliphatic carbocycles. The number of nitrogens with one attached hydrogen (secondary N) is 1. The summed E-state index contributed by atoms with van der Waals surface area (Å²) in [5.74, 6) is 0.843. The minimum atomic E-state index is -0.452. The maximum atomic E-state index is 11.2. The van der Waals surface area contributed by atoms with Gasteiger partial charge in [-0.2, -0.15) is 0 Å². The van der Waals surface area contributed by atoms with Crippen LogP contribution in [0.2, 0.25) is 0 Å². The standard InChI is InChI=1S/C15H20N4O4/c1-5-11(8-22-4)16-15-13(19(20)21)7-6-12(17-15)14-9(2)18-23-10(14)3/h6-7,11H,5,8H2,1-4H3,(H,16,17)/t11-/m1/s1. The maximum absolute atomic E-state index is 11.2. The second-order valence-corrected chi connectivity index (χ2v) is 5.23. The Morgan fingerprint density at radius 3 is 2.70 bits per heavy atom. The molecule has 124 valence electrons. The zero-order valence-electron chi connectivity index (χ0n) is 13.6. The van der Waals surface area contributed by atoms with Crippen LogP contribution in [0.25, 0.3) is 11.3 Å². The van der Waals surface area contributed by atoms with Crippen molar-refractivity contribution in [3.05, 3.63) is 33.7 Å². The molecular formula is C15H20N4O4. The van der Waals surface area contributed by atoms with Gasteiger partial charge in [0.15, 0.2) is 0 Å². The fraction of sp³-hybridized carbons (Fsp3) is 0.467. The number of aromatic nitrogens is 2. The van der Waals surface area contributed by atoms with Crippen LogP contribution in [0.5, 0.6) is 0 Å². The van der Waals surface area contributed by atoms with Gasteiger partial charge in [0.1, 0.15) is 5.76 Å². The Balaban J connectivity index is 2.45. The maximum Gasteiger partial charge on any atom is 0.311 e. The van der Waals surface area contributed by atoms with Crippen molar-refractivity contribution in [3.63, 3.8) is 0 Å². The Morgan fingerprint density at radius 1 is 1.43 bits per heavy atom. The highest BCUT2D eigenvalue weighted by Gasteiger charge is 2.21. The zero-order chi connectivity index (χ0) is 17.0. The molecular weight excluding hydrogens is 300 g/mol. The number of methoxy groups -OCH3 is 1. The molecule has 8 nitrogen and oxygen atoms in total. The molecule has 0 fully saturated rings. The zero-order valence-corrected chi connectivity index (χ0v) is 13.6. The van der Waals surface area contributed by atoms with Crippen molar-refractivity contribution >= 4 is 11.5 Å². The van der Waals surface area contributed by atoms with Crippen LogP contribution in [0.15, 0.2) is 16.7 Å². The summed E-state index contributed by atoms with van der Waals surface area (Å²) in [5.41, 5.74) is 1.96. The first-order chi connectivity index (χ1) is 11.0. The van der Waals surface area contributed by atoms with E-state index in [1.807, 2.05) is 13.8 Å². The minimum Gasteiger partial charge on any atom is -0.383 e. The lowest BCUT2D eigenvalue weighted by Gasteiger charge is -2.17. The molecule has 2 rings (SSSR count). The molecule has 2 aromatic heterocycles. The Hall–Kier alpha value is -2.48. The van der Waals surface area contributed by atoms with Crippen LogP contribution in [-0.4, -0.2) is 34.8 Å². The van der Waals surface area contributed by atoms with E-state index >= 15 is 0 Å². The second-order valence-electron chi connectivity index (χ2n) is 5.23. The number of hydrogen-bond acceptors (Lipinski definition) is 7. The van der Waals surface area contributed by atoms with Crippen LogP contribution in [-0.2, 0) is 4.74 Å². The molecule has 0 aromatic carbocycles. The van der Waals surface area contributed by atoms with Gasteiger partial charge in [-0.3, -0.25) is 10.1 Å². The highest BCUT2D eigenvalue weighted by Crippen LogP contribution is 2.30. The molecule has 0 spiro atoms. The SMILES string of the molecule is CC[C@H](COC)Nc1nc(-c2c(C)noc2C)ccc1[N+](=O)[O-]. The van der Waals surface area contributed by atoms with E-state index in [0.717, 1.165) is 12.0 Å². The van der Waals surface area contributed by atoms with Crippen LogP contribution in [0.3, 0.4) is 0 Å². The van der Waals surface area contributed by atoms with Gasteiger partial charge in [-0.25, -0.2) is 4.98 Å². The fourth-order valence-electron chi connectivity index (χ4n) is 2.35. The lowest BCUT2D eigenvalue weighted by atomic mass is 10.1. The minimum absolute atomic E-state index is 0.0638. The summed E-state index contributed by atoms with van der Waals surface area (Å²) in [5, 5.41) is 18.2. The van der Waals surface area contributed by atoms with Crippen LogP contribution < -0.4 is 5.32 Å². The second kappa shape index (κ2) is 7.19. The van der Waals surface area contributed by atoms with Gasteiger partial charge < -0.3 is 14.6 Å². The number of ether oxygens (including phenoxy) is 1. The molecule has 2 heterocycles. The number of nitrogens with zero attached hydrogens (tertiary/aromatic N) is 3. The van der Waals surface area contributed by atoms with Gasteiger partial charge in [-0.1, -0.05) is 12.1 Å². The number of rotatable bonds is 7. The highest BCUT2D eigenvalue weighted by molar-refractivity contribution is 5.69. The first-order valence-corrected chi connectivity index (χ1v) is 7.32. The largest absolute Gasteiger partial charge is 0.383 e. The number of aryl methyl sites for hydroxylation is 2. The van der Waals surface area contributed by atoms with E-state index in [-0.39, 0.29) is 17.5 Å². The van der Waals surface area contributed by atoms with Crippen molar-refractivity contribution in [1.82, 2.24) is 10.1 Å². The Morgan fingerprint density at radius 2 is 2.17 bits per heavy atom. The topological polar surface area (TPSA) is 103 Å². The Bertz CT molecular complexity index is 679. The highest BCUT2D eigenvalue weighted by atomic mass is 16.6. The van der Waals surface area contributed by atoms with Crippen LogP contribution in [0.1, 0.15) is 24.8 Å². The normalized spacial score (nSPS) is 12.2. The monoisotopic (exact) mass is 320 g/mol. The Labute approximate surface area is 134 Å². The van der Waals surface area contributed by atoms with E-state index in [1.165, 1.54) is 6.07 Å². The Kier molecular flexibility index (Phi) is 5.28. The number of pyridine rings is 1. The van der Waals surface area contributed by atoms with E-state index in [4.69, 9.17) is 9.26 Å². The summed E-state index contributed by atoms with van der Waals surface area (Å²) < 4.78 is 10.3. The number of anilines is 1. The summed E-state index contributed by atoms with van der Waals surface area (Å²) in [4.78, 5) is 15.2. The molecule has 0 unspecified atom stereocenters. The number of hydrogen-bond donors (Lipinski definition) is 1. The van der Waals surface area contributed by atoms with Crippen molar-refractivity contribution in [3.8, 4) is 11.3 Å². The van der Waals surface area contributed by atoms with Crippen LogP contribution in [0.4, 0.5) is 11.5 Å². The number of nitro groups is 1. The van der Waals surface area contributed by atoms with E-state index in [0.29, 0.717) is 23.8 Å². The molecule has 0 aliphatic rings. The van der Waals surface area contributed by atoms with Gasteiger partial charge in [0.2, 0.25) is 5.82 Å². The van der Waals surface area contributed by atoms with Crippen molar-refractivity contribution in [2.45, 2.75) is 33.2 Å². The van der Waals surface area contributed by atoms with Gasteiger partial charge in [0, 0.05) is 13.2 Å².